The Labute approximate surface area is 153 Å². The van der Waals surface area contributed by atoms with Crippen LogP contribution in [0.3, 0.4) is 0 Å². The smallest absolute Gasteiger partial charge is 0.251 e. The van der Waals surface area contributed by atoms with E-state index in [1.54, 1.807) is 11.8 Å². The van der Waals surface area contributed by atoms with E-state index in [1.807, 2.05) is 6.21 Å². The number of fused-ring (bicyclic) bond motifs is 1. The van der Waals surface area contributed by atoms with Crippen LogP contribution < -0.4 is 5.73 Å². The van der Waals surface area contributed by atoms with Crippen molar-refractivity contribution in [3.8, 4) is 0 Å². The summed E-state index contributed by atoms with van der Waals surface area (Å²) in [6, 6.07) is 0.469. The van der Waals surface area contributed by atoms with Crippen LogP contribution in [-0.4, -0.2) is 40.7 Å². The fraction of sp³-hybridized carbons (Fsp3) is 0.500. The molecule has 0 aromatic carbocycles. The highest BCUT2D eigenvalue weighted by atomic mass is 32.2. The van der Waals surface area contributed by atoms with Gasteiger partial charge in [-0.3, -0.25) is 9.79 Å². The van der Waals surface area contributed by atoms with E-state index < -0.39 is 0 Å². The van der Waals surface area contributed by atoms with Gasteiger partial charge in [0.15, 0.2) is 0 Å². The number of aliphatic imine (C=N–C) groups is 1. The van der Waals surface area contributed by atoms with Crippen molar-refractivity contribution in [3.63, 3.8) is 0 Å². The Morgan fingerprint density at radius 2 is 2.12 bits per heavy atom. The highest BCUT2D eigenvalue weighted by Gasteiger charge is 2.45. The van der Waals surface area contributed by atoms with E-state index in [9.17, 15) is 4.79 Å². The number of hydrogen-bond donors (Lipinski definition) is 1. The van der Waals surface area contributed by atoms with E-state index in [2.05, 4.69) is 36.3 Å². The highest BCUT2D eigenvalue weighted by Crippen LogP contribution is 2.46. The zero-order chi connectivity index (χ0) is 17.6. The van der Waals surface area contributed by atoms with Crippen molar-refractivity contribution in [2.45, 2.75) is 56.5 Å². The average Bonchev–Trinajstić information content (AvgIpc) is 2.88. The van der Waals surface area contributed by atoms with Gasteiger partial charge in [0.25, 0.3) is 5.91 Å². The van der Waals surface area contributed by atoms with Crippen molar-refractivity contribution in [1.82, 2.24) is 4.90 Å². The van der Waals surface area contributed by atoms with Crippen LogP contribution in [0, 0.1) is 0 Å². The third-order valence-electron chi connectivity index (χ3n) is 5.69. The molecule has 1 amide bonds. The lowest BCUT2D eigenvalue weighted by molar-refractivity contribution is -0.114. The molecule has 1 fully saturated rings. The van der Waals surface area contributed by atoms with Crippen molar-refractivity contribution < 1.29 is 4.79 Å². The molecule has 1 saturated carbocycles. The summed E-state index contributed by atoms with van der Waals surface area (Å²) in [5, 5.41) is 0.214. The SMILES string of the molecule is CSC1C=NC2C(=C1)C(C(N)=O)=C(C1=CC=C(C)CC1)N2C1CCC1. The van der Waals surface area contributed by atoms with Gasteiger partial charge in [0.1, 0.15) is 6.17 Å². The molecular weight excluding hydrogens is 330 g/mol. The number of hydrogen-bond acceptors (Lipinski definition) is 4. The van der Waals surface area contributed by atoms with Gasteiger partial charge in [0.2, 0.25) is 0 Å². The first-order valence-electron chi connectivity index (χ1n) is 9.07. The Kier molecular flexibility index (Phi) is 4.36. The maximum atomic E-state index is 12.4. The minimum absolute atomic E-state index is 0.0703. The minimum Gasteiger partial charge on any atom is -0.366 e. The molecule has 4 rings (SSSR count). The summed E-state index contributed by atoms with van der Waals surface area (Å²) in [5.41, 5.74) is 11.3. The van der Waals surface area contributed by atoms with E-state index in [1.165, 1.54) is 30.4 Å². The Bertz CT molecular complexity index is 755. The van der Waals surface area contributed by atoms with Crippen LogP contribution in [-0.2, 0) is 4.79 Å². The molecule has 0 radical (unpaired) electrons. The quantitative estimate of drug-likeness (QED) is 0.841. The second kappa shape index (κ2) is 6.52. The van der Waals surface area contributed by atoms with Crippen LogP contribution in [0.2, 0.25) is 0 Å². The van der Waals surface area contributed by atoms with Gasteiger partial charge in [-0.2, -0.15) is 11.8 Å². The molecule has 2 heterocycles. The van der Waals surface area contributed by atoms with E-state index in [-0.39, 0.29) is 17.3 Å². The second-order valence-corrected chi connectivity index (χ2v) is 8.29. The fourth-order valence-corrected chi connectivity index (χ4v) is 4.55. The average molecular weight is 356 g/mol. The first-order chi connectivity index (χ1) is 12.1. The Morgan fingerprint density at radius 3 is 2.68 bits per heavy atom. The van der Waals surface area contributed by atoms with Gasteiger partial charge < -0.3 is 10.6 Å². The maximum absolute atomic E-state index is 12.4. The molecule has 0 bridgehead atoms. The molecule has 0 saturated heterocycles. The number of carbonyl (C=O) groups is 1. The number of allylic oxidation sites excluding steroid dienone is 4. The van der Waals surface area contributed by atoms with Crippen LogP contribution >= 0.6 is 11.8 Å². The van der Waals surface area contributed by atoms with Crippen LogP contribution in [0.15, 0.2) is 51.2 Å². The Hall–Kier alpha value is -1.75. The molecule has 2 unspecified atom stereocenters. The van der Waals surface area contributed by atoms with Crippen molar-refractivity contribution in [1.29, 1.82) is 0 Å². The molecular formula is C20H25N3OS. The normalized spacial score (nSPS) is 29.0. The summed E-state index contributed by atoms with van der Waals surface area (Å²) in [7, 11) is 0. The van der Waals surface area contributed by atoms with Gasteiger partial charge >= 0.3 is 0 Å². The van der Waals surface area contributed by atoms with Gasteiger partial charge in [0, 0.05) is 17.8 Å². The standard InChI is InChI=1S/C20H25N3OS/c1-12-6-8-13(9-7-12)18-17(19(21)24)16-10-15(25-2)11-22-20(16)23(18)14-4-3-5-14/h6,8,10-11,14-15,20H,3-5,7,9H2,1-2H3,(H2,21,24). The molecule has 4 aliphatic rings. The molecule has 0 aromatic heterocycles. The van der Waals surface area contributed by atoms with Gasteiger partial charge in [-0.15, -0.1) is 0 Å². The zero-order valence-electron chi connectivity index (χ0n) is 14.9. The predicted molar refractivity (Wildman–Crippen MR) is 104 cm³/mol. The molecule has 0 spiro atoms. The molecule has 2 aliphatic heterocycles. The number of dihydropyridines is 1. The highest BCUT2D eigenvalue weighted by molar-refractivity contribution is 8.00. The van der Waals surface area contributed by atoms with E-state index in [0.717, 1.165) is 24.1 Å². The third kappa shape index (κ3) is 2.78. The van der Waals surface area contributed by atoms with E-state index >= 15 is 0 Å². The minimum atomic E-state index is -0.322. The molecule has 132 valence electrons. The van der Waals surface area contributed by atoms with Gasteiger partial charge in [-0.05, 0) is 50.9 Å². The lowest BCUT2D eigenvalue weighted by Crippen LogP contribution is -2.44. The maximum Gasteiger partial charge on any atom is 0.251 e. The summed E-state index contributed by atoms with van der Waals surface area (Å²) in [6.45, 7) is 2.16. The predicted octanol–water partition coefficient (Wildman–Crippen LogP) is 3.33. The molecule has 2 atom stereocenters. The molecule has 0 aromatic rings. The lowest BCUT2D eigenvalue weighted by Gasteiger charge is -2.42. The summed E-state index contributed by atoms with van der Waals surface area (Å²) < 4.78 is 0. The number of thioether (sulfide) groups is 1. The Morgan fingerprint density at radius 1 is 1.32 bits per heavy atom. The topological polar surface area (TPSA) is 58.7 Å². The molecule has 4 nitrogen and oxygen atoms in total. The van der Waals surface area contributed by atoms with Crippen LogP contribution in [0.1, 0.15) is 39.0 Å². The number of nitrogens with two attached hydrogens (primary N) is 1. The van der Waals surface area contributed by atoms with Crippen LogP contribution in [0.4, 0.5) is 0 Å². The molecule has 5 heteroatoms. The monoisotopic (exact) mass is 355 g/mol. The summed E-state index contributed by atoms with van der Waals surface area (Å²) in [6.07, 6.45) is 16.2. The molecule has 25 heavy (non-hydrogen) atoms. The molecule has 2 aliphatic carbocycles. The van der Waals surface area contributed by atoms with E-state index in [4.69, 9.17) is 10.7 Å². The molecule has 2 N–H and O–H groups in total. The fourth-order valence-electron chi connectivity index (χ4n) is 4.07. The summed E-state index contributed by atoms with van der Waals surface area (Å²) >= 11 is 1.73. The van der Waals surface area contributed by atoms with Gasteiger partial charge in [-0.1, -0.05) is 23.8 Å². The van der Waals surface area contributed by atoms with Crippen molar-refractivity contribution in [2.75, 3.05) is 6.26 Å². The van der Waals surface area contributed by atoms with Gasteiger partial charge in [0.05, 0.1) is 16.5 Å². The second-order valence-electron chi connectivity index (χ2n) is 7.28. The first kappa shape index (κ1) is 16.7. The zero-order valence-corrected chi connectivity index (χ0v) is 15.7. The van der Waals surface area contributed by atoms with E-state index in [0.29, 0.717) is 11.6 Å². The number of nitrogens with zero attached hydrogens (tertiary/aromatic N) is 2. The van der Waals surface area contributed by atoms with Crippen molar-refractivity contribution in [3.05, 3.63) is 46.2 Å². The number of amides is 1. The summed E-state index contributed by atoms with van der Waals surface area (Å²) in [4.78, 5) is 19.7. The number of primary amides is 1. The first-order valence-corrected chi connectivity index (χ1v) is 10.4. The van der Waals surface area contributed by atoms with Crippen LogP contribution in [0.25, 0.3) is 0 Å². The third-order valence-corrected chi connectivity index (χ3v) is 6.49. The van der Waals surface area contributed by atoms with Crippen molar-refractivity contribution in [2.24, 2.45) is 10.7 Å². The largest absolute Gasteiger partial charge is 0.366 e. The van der Waals surface area contributed by atoms with Crippen LogP contribution in [0.5, 0.6) is 0 Å². The number of rotatable bonds is 4. The number of carbonyl (C=O) groups excluding carboxylic acids is 1. The summed E-state index contributed by atoms with van der Waals surface area (Å²) in [5.74, 6) is -0.322. The van der Waals surface area contributed by atoms with Crippen molar-refractivity contribution >= 4 is 23.9 Å². The lowest BCUT2D eigenvalue weighted by atomic mass is 9.89. The van der Waals surface area contributed by atoms with Gasteiger partial charge in [-0.25, -0.2) is 0 Å². The Balaban J connectivity index is 1.86.